The highest BCUT2D eigenvalue weighted by Crippen LogP contribution is 2.35. The number of thiophene rings is 1. The molecule has 9 heteroatoms. The third-order valence-corrected chi connectivity index (χ3v) is 5.89. The summed E-state index contributed by atoms with van der Waals surface area (Å²) in [7, 11) is 0. The number of aromatic nitrogens is 1. The van der Waals surface area contributed by atoms with Gasteiger partial charge in [0.2, 0.25) is 0 Å². The summed E-state index contributed by atoms with van der Waals surface area (Å²) in [5, 5.41) is 2.99. The molecule has 0 aliphatic rings. The van der Waals surface area contributed by atoms with Gasteiger partial charge in [-0.15, -0.1) is 22.7 Å². The fourth-order valence-electron chi connectivity index (χ4n) is 2.61. The lowest BCUT2D eigenvalue weighted by atomic mass is 10.1. The van der Waals surface area contributed by atoms with Crippen molar-refractivity contribution in [1.29, 1.82) is 0 Å². The number of carbonyl (C=O) groups is 3. The highest BCUT2D eigenvalue weighted by molar-refractivity contribution is 7.18. The van der Waals surface area contributed by atoms with Crippen LogP contribution >= 0.6 is 22.7 Å². The molecular formula is C19H18N2O5S2. The molecule has 3 aromatic rings. The minimum absolute atomic E-state index is 0.169. The van der Waals surface area contributed by atoms with Crippen molar-refractivity contribution in [1.82, 2.24) is 4.98 Å². The second-order valence-corrected chi connectivity index (χ2v) is 7.60. The van der Waals surface area contributed by atoms with Gasteiger partial charge in [0.05, 0.1) is 34.5 Å². The van der Waals surface area contributed by atoms with Crippen LogP contribution in [0.15, 0.2) is 23.7 Å². The normalized spacial score (nSPS) is 10.7. The van der Waals surface area contributed by atoms with Gasteiger partial charge in [-0.25, -0.2) is 14.6 Å². The topological polar surface area (TPSA) is 94.6 Å². The van der Waals surface area contributed by atoms with Gasteiger partial charge in [0.15, 0.2) is 0 Å². The molecule has 1 N–H and O–H groups in total. The fourth-order valence-corrected chi connectivity index (χ4v) is 4.41. The number of thiazole rings is 1. The number of nitrogens with one attached hydrogen (secondary N) is 1. The molecule has 146 valence electrons. The Kier molecular flexibility index (Phi) is 6.05. The number of ether oxygens (including phenoxy) is 2. The summed E-state index contributed by atoms with van der Waals surface area (Å²) < 4.78 is 11.0. The summed E-state index contributed by atoms with van der Waals surface area (Å²) in [6.45, 7) is 5.41. The first-order valence-electron chi connectivity index (χ1n) is 8.58. The van der Waals surface area contributed by atoms with Gasteiger partial charge < -0.3 is 14.8 Å². The fraction of sp³-hybridized carbons (Fsp3) is 0.263. The maximum Gasteiger partial charge on any atom is 0.348 e. The SMILES string of the molecule is CCOC(=O)c1sc(NC(=O)c2ccc3ncsc3c2)c(C(=O)OCC)c1C. The van der Waals surface area contributed by atoms with Crippen LogP contribution < -0.4 is 5.32 Å². The van der Waals surface area contributed by atoms with Crippen LogP contribution in [0.5, 0.6) is 0 Å². The predicted octanol–water partition coefficient (Wildman–Crippen LogP) is 4.27. The first-order chi connectivity index (χ1) is 13.5. The predicted molar refractivity (Wildman–Crippen MR) is 109 cm³/mol. The van der Waals surface area contributed by atoms with Gasteiger partial charge in [0.25, 0.3) is 5.91 Å². The molecule has 0 atom stereocenters. The average Bonchev–Trinajstić information content (AvgIpc) is 3.25. The zero-order valence-corrected chi connectivity index (χ0v) is 17.2. The van der Waals surface area contributed by atoms with E-state index in [1.807, 2.05) is 0 Å². The minimum atomic E-state index is -0.597. The van der Waals surface area contributed by atoms with E-state index in [1.54, 1.807) is 44.5 Å². The quantitative estimate of drug-likeness (QED) is 0.601. The van der Waals surface area contributed by atoms with Gasteiger partial charge >= 0.3 is 11.9 Å². The number of nitrogens with zero attached hydrogens (tertiary/aromatic N) is 1. The van der Waals surface area contributed by atoms with Crippen molar-refractivity contribution >= 4 is 55.7 Å². The van der Waals surface area contributed by atoms with E-state index in [1.165, 1.54) is 11.3 Å². The number of amides is 1. The van der Waals surface area contributed by atoms with E-state index in [9.17, 15) is 14.4 Å². The zero-order valence-electron chi connectivity index (χ0n) is 15.5. The summed E-state index contributed by atoms with van der Waals surface area (Å²) in [6.07, 6.45) is 0. The second kappa shape index (κ2) is 8.49. The third kappa shape index (κ3) is 3.90. The molecule has 0 bridgehead atoms. The number of hydrogen-bond acceptors (Lipinski definition) is 8. The van der Waals surface area contributed by atoms with Crippen molar-refractivity contribution in [3.05, 3.63) is 45.3 Å². The summed E-state index contributed by atoms with van der Waals surface area (Å²) in [5.41, 5.74) is 3.54. The largest absolute Gasteiger partial charge is 0.462 e. The summed E-state index contributed by atoms with van der Waals surface area (Å²) in [6, 6.07) is 5.16. The van der Waals surface area contributed by atoms with Crippen molar-refractivity contribution in [2.24, 2.45) is 0 Å². The van der Waals surface area contributed by atoms with Gasteiger partial charge in [0, 0.05) is 5.56 Å². The van der Waals surface area contributed by atoms with E-state index in [0.717, 1.165) is 21.6 Å². The van der Waals surface area contributed by atoms with Crippen LogP contribution in [0, 0.1) is 6.92 Å². The lowest BCUT2D eigenvalue weighted by molar-refractivity contribution is 0.0527. The van der Waals surface area contributed by atoms with E-state index in [0.29, 0.717) is 11.1 Å². The van der Waals surface area contributed by atoms with Crippen LogP contribution in [-0.2, 0) is 9.47 Å². The van der Waals surface area contributed by atoms with Crippen molar-refractivity contribution in [3.63, 3.8) is 0 Å². The van der Waals surface area contributed by atoms with Crippen LogP contribution in [-0.4, -0.2) is 36.0 Å². The lowest BCUT2D eigenvalue weighted by Crippen LogP contribution is -2.15. The summed E-state index contributed by atoms with van der Waals surface area (Å²) >= 11 is 2.43. The Morgan fingerprint density at radius 2 is 1.82 bits per heavy atom. The number of hydrogen-bond donors (Lipinski definition) is 1. The van der Waals surface area contributed by atoms with Crippen LogP contribution in [0.2, 0.25) is 0 Å². The Balaban J connectivity index is 1.96. The Labute approximate surface area is 169 Å². The molecule has 3 rings (SSSR count). The van der Waals surface area contributed by atoms with E-state index in [-0.39, 0.29) is 28.7 Å². The van der Waals surface area contributed by atoms with Gasteiger partial charge in [0.1, 0.15) is 9.88 Å². The minimum Gasteiger partial charge on any atom is -0.462 e. The van der Waals surface area contributed by atoms with Gasteiger partial charge in [-0.05, 0) is 44.5 Å². The molecule has 0 spiro atoms. The maximum absolute atomic E-state index is 12.7. The Hall–Kier alpha value is -2.78. The van der Waals surface area contributed by atoms with Crippen LogP contribution in [0.25, 0.3) is 10.2 Å². The second-order valence-electron chi connectivity index (χ2n) is 5.69. The zero-order chi connectivity index (χ0) is 20.3. The van der Waals surface area contributed by atoms with Crippen molar-refractivity contribution in [3.8, 4) is 0 Å². The van der Waals surface area contributed by atoms with E-state index >= 15 is 0 Å². The monoisotopic (exact) mass is 418 g/mol. The number of esters is 2. The number of benzene rings is 1. The molecule has 2 heterocycles. The molecule has 1 aromatic carbocycles. The van der Waals surface area contributed by atoms with Crippen LogP contribution in [0.3, 0.4) is 0 Å². The van der Waals surface area contributed by atoms with Gasteiger partial charge in [-0.2, -0.15) is 0 Å². The molecule has 0 radical (unpaired) electrons. The van der Waals surface area contributed by atoms with E-state index in [4.69, 9.17) is 9.47 Å². The third-order valence-electron chi connectivity index (χ3n) is 3.91. The van der Waals surface area contributed by atoms with Crippen molar-refractivity contribution in [2.75, 3.05) is 18.5 Å². The summed E-state index contributed by atoms with van der Waals surface area (Å²) in [4.78, 5) is 41.8. The Bertz CT molecular complexity index is 1050. The molecular weight excluding hydrogens is 400 g/mol. The van der Waals surface area contributed by atoms with E-state index in [2.05, 4.69) is 10.3 Å². The number of rotatable bonds is 6. The molecule has 2 aromatic heterocycles. The van der Waals surface area contributed by atoms with Crippen LogP contribution in [0.1, 0.15) is 49.8 Å². The van der Waals surface area contributed by atoms with Crippen molar-refractivity contribution < 1.29 is 23.9 Å². The number of fused-ring (bicyclic) bond motifs is 1. The number of carbonyl (C=O) groups excluding carboxylic acids is 3. The summed E-state index contributed by atoms with van der Waals surface area (Å²) in [5.74, 6) is -1.53. The average molecular weight is 418 g/mol. The Morgan fingerprint density at radius 1 is 1.11 bits per heavy atom. The highest BCUT2D eigenvalue weighted by atomic mass is 32.1. The molecule has 7 nitrogen and oxygen atoms in total. The van der Waals surface area contributed by atoms with E-state index < -0.39 is 17.8 Å². The Morgan fingerprint density at radius 3 is 2.54 bits per heavy atom. The van der Waals surface area contributed by atoms with Gasteiger partial charge in [-0.3, -0.25) is 4.79 Å². The molecule has 0 unspecified atom stereocenters. The molecule has 0 aliphatic carbocycles. The first kappa shape index (κ1) is 20.0. The molecule has 0 saturated carbocycles. The molecule has 28 heavy (non-hydrogen) atoms. The molecule has 0 aliphatic heterocycles. The standard InChI is InChI=1S/C19H18N2O5S2/c1-4-25-18(23)14-10(3)15(19(24)26-5-2)28-17(14)21-16(22)11-6-7-12-13(8-11)27-9-20-12/h6-9H,4-5H2,1-3H3,(H,21,22). The van der Waals surface area contributed by atoms with Crippen LogP contribution in [0.4, 0.5) is 5.00 Å². The smallest absolute Gasteiger partial charge is 0.348 e. The maximum atomic E-state index is 12.7. The molecule has 0 saturated heterocycles. The van der Waals surface area contributed by atoms with Crippen molar-refractivity contribution in [2.45, 2.75) is 20.8 Å². The highest BCUT2D eigenvalue weighted by Gasteiger charge is 2.27. The molecule has 1 amide bonds. The number of anilines is 1. The first-order valence-corrected chi connectivity index (χ1v) is 10.3. The lowest BCUT2D eigenvalue weighted by Gasteiger charge is -2.07. The molecule has 0 fully saturated rings. The van der Waals surface area contributed by atoms with Gasteiger partial charge in [-0.1, -0.05) is 0 Å².